The molecule has 1 fully saturated rings. The van der Waals surface area contributed by atoms with E-state index in [1.165, 1.54) is 0 Å². The number of nitrogens with zero attached hydrogens (tertiary/aromatic N) is 3. The van der Waals surface area contributed by atoms with Crippen LogP contribution >= 0.6 is 15.9 Å². The summed E-state index contributed by atoms with van der Waals surface area (Å²) in [5, 5.41) is 2.98. The average molecular weight is 501 g/mol. The average Bonchev–Trinajstić information content (AvgIpc) is 3.12. The molecule has 0 spiro atoms. The van der Waals surface area contributed by atoms with Crippen LogP contribution in [0, 0.1) is 12.8 Å². The third-order valence-electron chi connectivity index (χ3n) is 6.47. The zero-order valence-corrected chi connectivity index (χ0v) is 20.5. The maximum atomic E-state index is 13.3. The van der Waals surface area contributed by atoms with Crippen LogP contribution in [0.3, 0.4) is 0 Å². The number of hydrogen-bond donors (Lipinski definition) is 1. The van der Waals surface area contributed by atoms with Crippen LogP contribution in [-0.4, -0.2) is 59.7 Å². The summed E-state index contributed by atoms with van der Waals surface area (Å²) in [4.78, 5) is 32.0. The molecule has 0 bridgehead atoms. The number of nitrogens with one attached hydrogen (secondary N) is 1. The Bertz CT molecular complexity index is 1130. The van der Waals surface area contributed by atoms with Gasteiger partial charge in [-0.25, -0.2) is 4.99 Å². The number of aromatic nitrogens is 1. The highest BCUT2D eigenvalue weighted by molar-refractivity contribution is 9.10. The standard InChI is InChI=1S/C24H29BrN4O3/c1-14-11-15(2)27-24(31)19(14)13-26-23(30)18-12-21-20(25)5-6-29(21)22(16(18)3)17(4)28-7-9-32-10-8-28/h5-6,11-12,17,19H,7-10,13H2,1-4H3,(H,26,30). The van der Waals surface area contributed by atoms with E-state index in [1.807, 2.05) is 38.3 Å². The fourth-order valence-corrected chi connectivity index (χ4v) is 5.09. The van der Waals surface area contributed by atoms with Crippen LogP contribution in [0.4, 0.5) is 0 Å². The van der Waals surface area contributed by atoms with Crippen molar-refractivity contribution in [1.29, 1.82) is 0 Å². The van der Waals surface area contributed by atoms with Gasteiger partial charge >= 0.3 is 0 Å². The van der Waals surface area contributed by atoms with Crippen molar-refractivity contribution >= 4 is 39.0 Å². The van der Waals surface area contributed by atoms with Gasteiger partial charge in [-0.15, -0.1) is 0 Å². The van der Waals surface area contributed by atoms with Crippen LogP contribution in [0.5, 0.6) is 0 Å². The largest absolute Gasteiger partial charge is 0.379 e. The molecule has 4 rings (SSSR count). The van der Waals surface area contributed by atoms with Gasteiger partial charge in [0.2, 0.25) is 0 Å². The second-order valence-corrected chi connectivity index (χ2v) is 9.41. The van der Waals surface area contributed by atoms with E-state index >= 15 is 0 Å². The number of pyridine rings is 1. The normalized spacial score (nSPS) is 20.8. The summed E-state index contributed by atoms with van der Waals surface area (Å²) in [6.45, 7) is 11.3. The lowest BCUT2D eigenvalue weighted by Crippen LogP contribution is -2.39. The summed E-state index contributed by atoms with van der Waals surface area (Å²) >= 11 is 3.62. The smallest absolute Gasteiger partial charge is 0.254 e. The molecule has 0 aliphatic carbocycles. The Labute approximate surface area is 196 Å². The number of carbonyl (C=O) groups excluding carboxylic acids is 2. The lowest BCUT2D eigenvalue weighted by Gasteiger charge is -2.34. The maximum Gasteiger partial charge on any atom is 0.254 e. The summed E-state index contributed by atoms with van der Waals surface area (Å²) in [7, 11) is 0. The van der Waals surface area contributed by atoms with Crippen LogP contribution < -0.4 is 5.32 Å². The molecular formula is C24H29BrN4O3. The number of dihydropyridines is 1. The maximum absolute atomic E-state index is 13.3. The molecule has 8 heteroatoms. The Kier molecular flexibility index (Phi) is 6.65. The zero-order valence-electron chi connectivity index (χ0n) is 18.9. The van der Waals surface area contributed by atoms with Gasteiger partial charge in [0.25, 0.3) is 11.8 Å². The van der Waals surface area contributed by atoms with Crippen molar-refractivity contribution in [3.05, 3.63) is 51.3 Å². The number of carbonyl (C=O) groups is 2. The summed E-state index contributed by atoms with van der Waals surface area (Å²) in [5.41, 5.74) is 5.22. The van der Waals surface area contributed by atoms with E-state index in [9.17, 15) is 9.59 Å². The number of aliphatic imine (C=N–C) groups is 1. The van der Waals surface area contributed by atoms with Crippen molar-refractivity contribution < 1.29 is 14.3 Å². The molecule has 32 heavy (non-hydrogen) atoms. The predicted molar refractivity (Wildman–Crippen MR) is 128 cm³/mol. The Morgan fingerprint density at radius 1 is 1.31 bits per heavy atom. The van der Waals surface area contributed by atoms with Crippen molar-refractivity contribution in [3.63, 3.8) is 0 Å². The van der Waals surface area contributed by atoms with Crippen LogP contribution in [0.1, 0.15) is 48.4 Å². The molecule has 1 saturated heterocycles. The highest BCUT2D eigenvalue weighted by atomic mass is 79.9. The monoisotopic (exact) mass is 500 g/mol. The lowest BCUT2D eigenvalue weighted by molar-refractivity contribution is -0.120. The zero-order chi connectivity index (χ0) is 23.0. The molecule has 2 aromatic heterocycles. The van der Waals surface area contributed by atoms with E-state index in [-0.39, 0.29) is 24.4 Å². The van der Waals surface area contributed by atoms with Gasteiger partial charge in [0.1, 0.15) is 0 Å². The SMILES string of the molecule is CC1=CC(C)=NC(=O)C1CNC(=O)c1cc2c(Br)ccn2c(C(C)N2CCOCC2)c1C. The van der Waals surface area contributed by atoms with Gasteiger partial charge in [-0.1, -0.05) is 5.57 Å². The topological polar surface area (TPSA) is 75.4 Å². The number of amides is 2. The van der Waals surface area contributed by atoms with Crippen LogP contribution in [0.2, 0.25) is 0 Å². The van der Waals surface area contributed by atoms with Crippen molar-refractivity contribution in [1.82, 2.24) is 14.6 Å². The van der Waals surface area contributed by atoms with E-state index in [2.05, 4.69) is 42.5 Å². The number of ether oxygens (including phenoxy) is 1. The highest BCUT2D eigenvalue weighted by Crippen LogP contribution is 2.31. The predicted octanol–water partition coefficient (Wildman–Crippen LogP) is 3.70. The molecule has 2 aromatic rings. The molecule has 7 nitrogen and oxygen atoms in total. The first kappa shape index (κ1) is 22.9. The second kappa shape index (κ2) is 9.29. The number of allylic oxidation sites excluding steroid dienone is 1. The van der Waals surface area contributed by atoms with Gasteiger partial charge in [0, 0.05) is 53.3 Å². The molecule has 0 saturated carbocycles. The molecule has 0 radical (unpaired) electrons. The molecule has 2 aliphatic heterocycles. The van der Waals surface area contributed by atoms with Crippen LogP contribution in [-0.2, 0) is 9.53 Å². The highest BCUT2D eigenvalue weighted by Gasteiger charge is 2.27. The third kappa shape index (κ3) is 4.31. The van der Waals surface area contributed by atoms with Gasteiger partial charge in [-0.05, 0) is 67.4 Å². The molecule has 2 atom stereocenters. The van der Waals surface area contributed by atoms with Gasteiger partial charge in [-0.2, -0.15) is 0 Å². The Hall–Kier alpha value is -2.29. The number of halogens is 1. The minimum absolute atomic E-state index is 0.121. The number of fused-ring (bicyclic) bond motifs is 1. The van der Waals surface area contributed by atoms with E-state index in [4.69, 9.17) is 4.74 Å². The van der Waals surface area contributed by atoms with E-state index < -0.39 is 5.92 Å². The molecule has 4 heterocycles. The van der Waals surface area contributed by atoms with Gasteiger partial charge < -0.3 is 14.5 Å². The first-order valence-electron chi connectivity index (χ1n) is 10.9. The van der Waals surface area contributed by atoms with E-state index in [0.29, 0.717) is 24.5 Å². The van der Waals surface area contributed by atoms with Crippen molar-refractivity contribution in [2.75, 3.05) is 32.8 Å². The Morgan fingerprint density at radius 2 is 2.03 bits per heavy atom. The molecule has 1 N–H and O–H groups in total. The summed E-state index contributed by atoms with van der Waals surface area (Å²) in [6, 6.07) is 4.04. The summed E-state index contributed by atoms with van der Waals surface area (Å²) in [6.07, 6.45) is 3.94. The quantitative estimate of drug-likeness (QED) is 0.678. The minimum Gasteiger partial charge on any atom is -0.379 e. The number of morpholine rings is 1. The fraction of sp³-hybridized carbons (Fsp3) is 0.458. The van der Waals surface area contributed by atoms with Gasteiger partial charge in [0.05, 0.1) is 24.6 Å². The molecule has 2 amide bonds. The number of rotatable bonds is 5. The van der Waals surface area contributed by atoms with Crippen molar-refractivity contribution in [3.8, 4) is 0 Å². The van der Waals surface area contributed by atoms with Gasteiger partial charge in [-0.3, -0.25) is 14.5 Å². The molecule has 170 valence electrons. The Morgan fingerprint density at radius 3 is 2.72 bits per heavy atom. The lowest BCUT2D eigenvalue weighted by atomic mass is 9.95. The molecule has 2 aliphatic rings. The van der Waals surface area contributed by atoms with Crippen molar-refractivity contribution in [2.45, 2.75) is 33.7 Å². The Balaban J connectivity index is 1.64. The molecular weight excluding hydrogens is 472 g/mol. The first-order chi connectivity index (χ1) is 15.3. The van der Waals surface area contributed by atoms with E-state index in [1.54, 1.807) is 6.92 Å². The summed E-state index contributed by atoms with van der Waals surface area (Å²) < 4.78 is 8.62. The van der Waals surface area contributed by atoms with Gasteiger partial charge in [0.15, 0.2) is 0 Å². The van der Waals surface area contributed by atoms with Crippen molar-refractivity contribution in [2.24, 2.45) is 10.9 Å². The van der Waals surface area contributed by atoms with Crippen LogP contribution in [0.25, 0.3) is 5.52 Å². The molecule has 0 aromatic carbocycles. The molecule has 2 unspecified atom stereocenters. The fourth-order valence-electron chi connectivity index (χ4n) is 4.67. The number of hydrogen-bond acceptors (Lipinski definition) is 4. The second-order valence-electron chi connectivity index (χ2n) is 8.55. The third-order valence-corrected chi connectivity index (χ3v) is 7.14. The van der Waals surface area contributed by atoms with Crippen LogP contribution in [0.15, 0.2) is 39.4 Å². The summed E-state index contributed by atoms with van der Waals surface area (Å²) in [5.74, 6) is -0.801. The minimum atomic E-state index is -0.418. The first-order valence-corrected chi connectivity index (χ1v) is 11.7. The van der Waals surface area contributed by atoms with E-state index in [0.717, 1.165) is 39.9 Å².